The van der Waals surface area contributed by atoms with Crippen LogP contribution >= 0.6 is 0 Å². The molecule has 124 valence electrons. The van der Waals surface area contributed by atoms with E-state index in [1.807, 2.05) is 36.4 Å². The molecule has 0 aliphatic heterocycles. The number of ether oxygens (including phenoxy) is 1. The quantitative estimate of drug-likeness (QED) is 0.509. The average molecular weight is 335 g/mol. The summed E-state index contributed by atoms with van der Waals surface area (Å²) >= 11 is 0. The maximum atomic E-state index is 14.4. The van der Waals surface area contributed by atoms with Crippen LogP contribution in [0.15, 0.2) is 72.9 Å². The number of halogens is 2. The van der Waals surface area contributed by atoms with Gasteiger partial charge < -0.3 is 9.72 Å². The molecule has 1 aromatic heterocycles. The Bertz CT molecular complexity index is 1020. The monoisotopic (exact) mass is 335 g/mol. The van der Waals surface area contributed by atoms with E-state index in [2.05, 4.69) is 4.98 Å². The third kappa shape index (κ3) is 3.11. The highest BCUT2D eigenvalue weighted by Crippen LogP contribution is 2.31. The van der Waals surface area contributed by atoms with Crippen LogP contribution in [-0.2, 0) is 6.61 Å². The minimum Gasteiger partial charge on any atom is -0.486 e. The summed E-state index contributed by atoms with van der Waals surface area (Å²) in [5.74, 6) is -0.728. The van der Waals surface area contributed by atoms with Gasteiger partial charge in [-0.2, -0.15) is 0 Å². The highest BCUT2D eigenvalue weighted by Gasteiger charge is 2.12. The molecular formula is C21H15F2NO. The van der Waals surface area contributed by atoms with Gasteiger partial charge in [0.1, 0.15) is 12.4 Å². The van der Waals surface area contributed by atoms with Crippen LogP contribution in [0.3, 0.4) is 0 Å². The van der Waals surface area contributed by atoms with Crippen LogP contribution in [0.4, 0.5) is 8.78 Å². The van der Waals surface area contributed by atoms with Gasteiger partial charge in [-0.05, 0) is 41.5 Å². The van der Waals surface area contributed by atoms with Gasteiger partial charge in [-0.15, -0.1) is 0 Å². The SMILES string of the molecule is Fc1ccc(-c2cc3cc[nH]c3cc2F)cc1OCc1ccccc1. The molecule has 4 rings (SSSR count). The van der Waals surface area contributed by atoms with Crippen molar-refractivity contribution < 1.29 is 13.5 Å². The van der Waals surface area contributed by atoms with Crippen molar-refractivity contribution in [3.63, 3.8) is 0 Å². The van der Waals surface area contributed by atoms with Crippen LogP contribution < -0.4 is 4.74 Å². The topological polar surface area (TPSA) is 25.0 Å². The standard InChI is InChI=1S/C21H15F2NO/c22-18-7-6-15(11-21(18)25-13-14-4-2-1-3-5-14)17-10-16-8-9-24-20(16)12-19(17)23/h1-12,24H,13H2. The lowest BCUT2D eigenvalue weighted by Gasteiger charge is -2.10. The maximum absolute atomic E-state index is 14.4. The summed E-state index contributed by atoms with van der Waals surface area (Å²) in [6, 6.07) is 19.0. The Morgan fingerprint density at radius 1 is 0.840 bits per heavy atom. The van der Waals surface area contributed by atoms with Crippen molar-refractivity contribution in [2.75, 3.05) is 0 Å². The summed E-state index contributed by atoms with van der Waals surface area (Å²) < 4.78 is 34.1. The molecule has 0 atom stereocenters. The molecule has 2 nitrogen and oxygen atoms in total. The molecule has 1 heterocycles. The minimum absolute atomic E-state index is 0.106. The average Bonchev–Trinajstić information content (AvgIpc) is 3.08. The van der Waals surface area contributed by atoms with E-state index in [-0.39, 0.29) is 18.2 Å². The normalized spacial score (nSPS) is 11.0. The van der Waals surface area contributed by atoms with Gasteiger partial charge in [0.05, 0.1) is 0 Å². The molecule has 4 aromatic rings. The first-order valence-electron chi connectivity index (χ1n) is 7.94. The molecule has 0 radical (unpaired) electrons. The smallest absolute Gasteiger partial charge is 0.165 e. The van der Waals surface area contributed by atoms with Crippen LogP contribution in [0.25, 0.3) is 22.0 Å². The first-order valence-corrected chi connectivity index (χ1v) is 7.94. The van der Waals surface area contributed by atoms with Crippen molar-refractivity contribution in [1.82, 2.24) is 4.98 Å². The Labute approximate surface area is 143 Å². The van der Waals surface area contributed by atoms with Crippen LogP contribution in [0.2, 0.25) is 0 Å². The number of nitrogens with one attached hydrogen (secondary N) is 1. The summed E-state index contributed by atoms with van der Waals surface area (Å²) in [4.78, 5) is 2.97. The molecule has 0 spiro atoms. The van der Waals surface area contributed by atoms with E-state index in [1.165, 1.54) is 18.2 Å². The van der Waals surface area contributed by atoms with Crippen molar-refractivity contribution in [3.05, 3.63) is 90.1 Å². The molecule has 0 unspecified atom stereocenters. The zero-order valence-corrected chi connectivity index (χ0v) is 13.3. The number of aromatic amines is 1. The van der Waals surface area contributed by atoms with Gasteiger partial charge in [0, 0.05) is 22.7 Å². The fourth-order valence-electron chi connectivity index (χ4n) is 2.81. The predicted molar refractivity (Wildman–Crippen MR) is 94.4 cm³/mol. The highest BCUT2D eigenvalue weighted by molar-refractivity contribution is 5.85. The van der Waals surface area contributed by atoms with Gasteiger partial charge >= 0.3 is 0 Å². The van der Waals surface area contributed by atoms with Crippen molar-refractivity contribution in [2.45, 2.75) is 6.61 Å². The molecule has 0 saturated heterocycles. The Hall–Kier alpha value is -3.14. The number of hydrogen-bond acceptors (Lipinski definition) is 1. The van der Waals surface area contributed by atoms with Crippen molar-refractivity contribution in [1.29, 1.82) is 0 Å². The Balaban J connectivity index is 1.67. The Kier molecular flexibility index (Phi) is 3.94. The van der Waals surface area contributed by atoms with Gasteiger partial charge in [-0.3, -0.25) is 0 Å². The molecule has 3 aromatic carbocycles. The summed E-state index contributed by atoms with van der Waals surface area (Å²) in [7, 11) is 0. The lowest BCUT2D eigenvalue weighted by Crippen LogP contribution is -1.98. The number of aromatic nitrogens is 1. The zero-order valence-electron chi connectivity index (χ0n) is 13.3. The van der Waals surface area contributed by atoms with Crippen molar-refractivity contribution >= 4 is 10.9 Å². The molecule has 1 N–H and O–H groups in total. The maximum Gasteiger partial charge on any atom is 0.165 e. The molecule has 0 aliphatic rings. The van der Waals surface area contributed by atoms with E-state index in [0.29, 0.717) is 11.1 Å². The van der Waals surface area contributed by atoms with Gasteiger partial charge in [0.2, 0.25) is 0 Å². The zero-order chi connectivity index (χ0) is 17.2. The second kappa shape index (κ2) is 6.40. The van der Waals surface area contributed by atoms with E-state index in [9.17, 15) is 8.78 Å². The van der Waals surface area contributed by atoms with Crippen LogP contribution in [0.5, 0.6) is 5.75 Å². The summed E-state index contributed by atoms with van der Waals surface area (Å²) in [5.41, 5.74) is 2.65. The van der Waals surface area contributed by atoms with Gasteiger partial charge in [0.25, 0.3) is 0 Å². The third-order valence-electron chi connectivity index (χ3n) is 4.12. The minimum atomic E-state index is -0.470. The second-order valence-electron chi connectivity index (χ2n) is 5.82. The van der Waals surface area contributed by atoms with E-state index in [4.69, 9.17) is 4.74 Å². The van der Waals surface area contributed by atoms with Crippen LogP contribution in [-0.4, -0.2) is 4.98 Å². The highest BCUT2D eigenvalue weighted by atomic mass is 19.1. The van der Waals surface area contributed by atoms with E-state index < -0.39 is 5.82 Å². The molecule has 0 bridgehead atoms. The molecule has 25 heavy (non-hydrogen) atoms. The number of fused-ring (bicyclic) bond motifs is 1. The van der Waals surface area contributed by atoms with Gasteiger partial charge in [-0.1, -0.05) is 36.4 Å². The van der Waals surface area contributed by atoms with Gasteiger partial charge in [-0.25, -0.2) is 8.78 Å². The largest absolute Gasteiger partial charge is 0.486 e. The number of hydrogen-bond donors (Lipinski definition) is 1. The van der Waals surface area contributed by atoms with E-state index in [0.717, 1.165) is 16.5 Å². The fraction of sp³-hybridized carbons (Fsp3) is 0.0476. The van der Waals surface area contributed by atoms with Crippen LogP contribution in [0, 0.1) is 11.6 Å². The Morgan fingerprint density at radius 3 is 2.52 bits per heavy atom. The second-order valence-corrected chi connectivity index (χ2v) is 5.82. The lowest BCUT2D eigenvalue weighted by molar-refractivity contribution is 0.290. The lowest BCUT2D eigenvalue weighted by atomic mass is 10.0. The molecular weight excluding hydrogens is 320 g/mol. The third-order valence-corrected chi connectivity index (χ3v) is 4.12. The summed E-state index contributed by atoms with van der Waals surface area (Å²) in [5, 5.41) is 0.896. The molecule has 0 saturated carbocycles. The fourth-order valence-corrected chi connectivity index (χ4v) is 2.81. The number of H-pyrrole nitrogens is 1. The summed E-state index contributed by atoms with van der Waals surface area (Å²) in [6.07, 6.45) is 1.76. The van der Waals surface area contributed by atoms with Gasteiger partial charge in [0.15, 0.2) is 11.6 Å². The molecule has 0 aliphatic carbocycles. The molecule has 0 amide bonds. The first kappa shape index (κ1) is 15.4. The van der Waals surface area contributed by atoms with Crippen molar-refractivity contribution in [3.8, 4) is 16.9 Å². The van der Waals surface area contributed by atoms with E-state index in [1.54, 1.807) is 18.3 Å². The molecule has 4 heteroatoms. The molecule has 0 fully saturated rings. The number of benzene rings is 3. The summed E-state index contributed by atoms with van der Waals surface area (Å²) in [6.45, 7) is 0.251. The van der Waals surface area contributed by atoms with E-state index >= 15 is 0 Å². The van der Waals surface area contributed by atoms with Crippen molar-refractivity contribution in [2.24, 2.45) is 0 Å². The number of rotatable bonds is 4. The van der Waals surface area contributed by atoms with Crippen LogP contribution in [0.1, 0.15) is 5.56 Å². The predicted octanol–water partition coefficient (Wildman–Crippen LogP) is 5.69. The Morgan fingerprint density at radius 2 is 1.68 bits per heavy atom. The first-order chi connectivity index (χ1) is 12.2.